The number of ether oxygens (including phenoxy) is 1. The predicted molar refractivity (Wildman–Crippen MR) is 86.3 cm³/mol. The second-order valence-corrected chi connectivity index (χ2v) is 6.92. The molecule has 2 amide bonds. The Morgan fingerprint density at radius 3 is 2.64 bits per heavy atom. The van der Waals surface area contributed by atoms with Crippen LogP contribution in [0.5, 0.6) is 5.75 Å². The van der Waals surface area contributed by atoms with E-state index in [1.807, 2.05) is 32.0 Å². The number of amides is 2. The molecule has 0 fully saturated rings. The Morgan fingerprint density at radius 2 is 2.05 bits per heavy atom. The van der Waals surface area contributed by atoms with E-state index in [-0.39, 0.29) is 36.4 Å². The van der Waals surface area contributed by atoms with Gasteiger partial charge in [-0.15, -0.1) is 0 Å². The molecule has 1 aliphatic heterocycles. The number of carbonyl (C=O) groups excluding carboxylic acids is 2. The second-order valence-electron chi connectivity index (χ2n) is 6.92. The zero-order valence-corrected chi connectivity index (χ0v) is 13.9. The summed E-state index contributed by atoms with van der Waals surface area (Å²) in [5.41, 5.74) is 1.72. The van der Waals surface area contributed by atoms with Crippen LogP contribution < -0.4 is 15.0 Å². The van der Waals surface area contributed by atoms with E-state index in [4.69, 9.17) is 4.74 Å². The van der Waals surface area contributed by atoms with Crippen LogP contribution in [0.25, 0.3) is 0 Å². The normalized spacial score (nSPS) is 14.6. The van der Waals surface area contributed by atoms with Gasteiger partial charge in [0.25, 0.3) is 5.91 Å². The number of rotatable bonds is 3. The van der Waals surface area contributed by atoms with Crippen molar-refractivity contribution in [3.8, 4) is 5.75 Å². The maximum absolute atomic E-state index is 12.2. The molecule has 5 heteroatoms. The van der Waals surface area contributed by atoms with Crippen LogP contribution >= 0.6 is 0 Å². The fraction of sp³-hybridized carbons (Fsp3) is 0.529. The zero-order chi connectivity index (χ0) is 16.5. The molecule has 0 saturated heterocycles. The van der Waals surface area contributed by atoms with E-state index in [2.05, 4.69) is 26.1 Å². The first-order chi connectivity index (χ1) is 10.2. The van der Waals surface area contributed by atoms with Crippen molar-refractivity contribution in [2.75, 3.05) is 18.1 Å². The fourth-order valence-corrected chi connectivity index (χ4v) is 2.35. The first-order valence-electron chi connectivity index (χ1n) is 7.55. The van der Waals surface area contributed by atoms with Gasteiger partial charge in [0.15, 0.2) is 6.61 Å². The highest BCUT2D eigenvalue weighted by molar-refractivity contribution is 6.02. The van der Waals surface area contributed by atoms with Crippen LogP contribution in [0, 0.1) is 0 Å². The van der Waals surface area contributed by atoms with Crippen molar-refractivity contribution in [2.24, 2.45) is 0 Å². The van der Waals surface area contributed by atoms with E-state index in [0.717, 1.165) is 5.56 Å². The summed E-state index contributed by atoms with van der Waals surface area (Å²) in [4.78, 5) is 25.7. The lowest BCUT2D eigenvalue weighted by Gasteiger charge is -2.31. The molecule has 120 valence electrons. The monoisotopic (exact) mass is 304 g/mol. The molecule has 0 aliphatic carbocycles. The third kappa shape index (κ3) is 3.59. The number of carbonyl (C=O) groups is 2. The van der Waals surface area contributed by atoms with Crippen molar-refractivity contribution < 1.29 is 14.3 Å². The molecule has 0 atom stereocenters. The number of hydrogen-bond donors (Lipinski definition) is 1. The van der Waals surface area contributed by atoms with Crippen molar-refractivity contribution in [3.63, 3.8) is 0 Å². The summed E-state index contributed by atoms with van der Waals surface area (Å²) in [6.07, 6.45) is 0. The molecule has 1 aromatic carbocycles. The van der Waals surface area contributed by atoms with Gasteiger partial charge in [0.1, 0.15) is 12.3 Å². The third-order valence-corrected chi connectivity index (χ3v) is 3.52. The summed E-state index contributed by atoms with van der Waals surface area (Å²) in [5.74, 6) is 0.278. The molecule has 1 heterocycles. The minimum absolute atomic E-state index is 0.0149. The molecule has 0 spiro atoms. The molecule has 5 nitrogen and oxygen atoms in total. The van der Waals surface area contributed by atoms with Gasteiger partial charge in [0.05, 0.1) is 5.69 Å². The first-order valence-corrected chi connectivity index (χ1v) is 7.55. The topological polar surface area (TPSA) is 58.6 Å². The zero-order valence-electron chi connectivity index (χ0n) is 13.9. The van der Waals surface area contributed by atoms with Gasteiger partial charge in [-0.25, -0.2) is 0 Å². The minimum Gasteiger partial charge on any atom is -0.482 e. The molecule has 0 radical (unpaired) electrons. The average Bonchev–Trinajstić information content (AvgIpc) is 2.39. The number of nitrogens with one attached hydrogen (secondary N) is 1. The quantitative estimate of drug-likeness (QED) is 0.931. The number of anilines is 1. The van der Waals surface area contributed by atoms with Gasteiger partial charge in [0, 0.05) is 6.04 Å². The Kier molecular flexibility index (Phi) is 4.44. The lowest BCUT2D eigenvalue weighted by molar-refractivity contribution is -0.125. The molecule has 1 N–H and O–H groups in total. The van der Waals surface area contributed by atoms with E-state index in [9.17, 15) is 9.59 Å². The highest BCUT2D eigenvalue weighted by Gasteiger charge is 2.29. The first kappa shape index (κ1) is 16.3. The predicted octanol–water partition coefficient (Wildman–Crippen LogP) is 2.23. The van der Waals surface area contributed by atoms with Gasteiger partial charge in [-0.2, -0.15) is 0 Å². The van der Waals surface area contributed by atoms with Gasteiger partial charge < -0.3 is 10.1 Å². The van der Waals surface area contributed by atoms with E-state index in [1.165, 1.54) is 4.90 Å². The summed E-state index contributed by atoms with van der Waals surface area (Å²) in [6.45, 7) is 10.1. The van der Waals surface area contributed by atoms with Crippen LogP contribution in [0.15, 0.2) is 18.2 Å². The summed E-state index contributed by atoms with van der Waals surface area (Å²) in [6, 6.07) is 5.86. The molecule has 0 saturated carbocycles. The largest absolute Gasteiger partial charge is 0.482 e. The summed E-state index contributed by atoms with van der Waals surface area (Å²) >= 11 is 0. The van der Waals surface area contributed by atoms with E-state index >= 15 is 0 Å². The Morgan fingerprint density at radius 1 is 1.36 bits per heavy atom. The Hall–Kier alpha value is -2.04. The maximum Gasteiger partial charge on any atom is 0.265 e. The number of hydrogen-bond acceptors (Lipinski definition) is 3. The fourth-order valence-electron chi connectivity index (χ4n) is 2.35. The molecule has 0 aromatic heterocycles. The van der Waals surface area contributed by atoms with E-state index in [1.54, 1.807) is 0 Å². The molecule has 22 heavy (non-hydrogen) atoms. The molecular formula is C17H24N2O3. The maximum atomic E-state index is 12.2. The SMILES string of the molecule is CC(C)NC(=O)CN1C(=O)COc2ccc(C(C)(C)C)cc21. The van der Waals surface area contributed by atoms with Gasteiger partial charge in [-0.05, 0) is 37.0 Å². The third-order valence-electron chi connectivity index (χ3n) is 3.52. The van der Waals surface area contributed by atoms with Crippen molar-refractivity contribution in [1.82, 2.24) is 5.32 Å². The summed E-state index contributed by atoms with van der Waals surface area (Å²) in [5, 5.41) is 2.81. The Bertz CT molecular complexity index is 588. The molecule has 0 unspecified atom stereocenters. The summed E-state index contributed by atoms with van der Waals surface area (Å²) < 4.78 is 5.47. The lowest BCUT2D eigenvalue weighted by Crippen LogP contribution is -2.46. The van der Waals surface area contributed by atoms with Crippen LogP contribution in [0.1, 0.15) is 40.2 Å². The minimum atomic E-state index is -0.197. The molecule has 1 aromatic rings. The highest BCUT2D eigenvalue weighted by Crippen LogP contribution is 2.36. The van der Waals surface area contributed by atoms with E-state index in [0.29, 0.717) is 11.4 Å². The van der Waals surface area contributed by atoms with Crippen molar-refractivity contribution >= 4 is 17.5 Å². The summed E-state index contributed by atoms with van der Waals surface area (Å²) in [7, 11) is 0. The van der Waals surface area contributed by atoms with Gasteiger partial charge in [0.2, 0.25) is 5.91 Å². The number of benzene rings is 1. The van der Waals surface area contributed by atoms with Gasteiger partial charge in [-0.1, -0.05) is 26.8 Å². The van der Waals surface area contributed by atoms with Crippen LogP contribution in [-0.2, 0) is 15.0 Å². The standard InChI is InChI=1S/C17H24N2O3/c1-11(2)18-15(20)9-19-13-8-12(17(3,4)5)6-7-14(13)22-10-16(19)21/h6-8,11H,9-10H2,1-5H3,(H,18,20). The second kappa shape index (κ2) is 5.99. The molecule has 1 aliphatic rings. The number of fused-ring (bicyclic) bond motifs is 1. The van der Waals surface area contributed by atoms with Gasteiger partial charge in [-0.3, -0.25) is 14.5 Å². The smallest absolute Gasteiger partial charge is 0.265 e. The van der Waals surface area contributed by atoms with Crippen molar-refractivity contribution in [2.45, 2.75) is 46.1 Å². The van der Waals surface area contributed by atoms with Gasteiger partial charge >= 0.3 is 0 Å². The average molecular weight is 304 g/mol. The van der Waals surface area contributed by atoms with Crippen LogP contribution in [0.3, 0.4) is 0 Å². The van der Waals surface area contributed by atoms with Crippen LogP contribution in [0.4, 0.5) is 5.69 Å². The number of nitrogens with zero attached hydrogens (tertiary/aromatic N) is 1. The van der Waals surface area contributed by atoms with Crippen LogP contribution in [-0.4, -0.2) is 31.0 Å². The Labute approximate surface area is 131 Å². The Balaban J connectivity index is 2.32. The molecular weight excluding hydrogens is 280 g/mol. The highest BCUT2D eigenvalue weighted by atomic mass is 16.5. The lowest BCUT2D eigenvalue weighted by atomic mass is 9.86. The van der Waals surface area contributed by atoms with E-state index < -0.39 is 0 Å². The van der Waals surface area contributed by atoms with Crippen molar-refractivity contribution in [1.29, 1.82) is 0 Å². The van der Waals surface area contributed by atoms with Crippen LogP contribution in [0.2, 0.25) is 0 Å². The molecule has 0 bridgehead atoms. The molecule has 2 rings (SSSR count). The van der Waals surface area contributed by atoms with Crippen molar-refractivity contribution in [3.05, 3.63) is 23.8 Å².